The van der Waals surface area contributed by atoms with Crippen LogP contribution < -0.4 is 21.7 Å². The second-order valence-electron chi connectivity index (χ2n) is 10.2. The van der Waals surface area contributed by atoms with Gasteiger partial charge in [0.25, 0.3) is 0 Å². The van der Waals surface area contributed by atoms with E-state index in [2.05, 4.69) is 20.9 Å². The van der Waals surface area contributed by atoms with Crippen molar-refractivity contribution in [3.8, 4) is 0 Å². The number of carbonyl (C=O) groups excluding carboxylic acids is 3. The molecular weight excluding hydrogens is 498 g/mol. The molecular formula is C29H37N5O5. The molecule has 0 radical (unpaired) electrons. The number of rotatable bonds is 13. The van der Waals surface area contributed by atoms with E-state index in [4.69, 9.17) is 5.73 Å². The molecule has 0 saturated heterocycles. The Morgan fingerprint density at radius 1 is 0.821 bits per heavy atom. The molecule has 4 unspecified atom stereocenters. The van der Waals surface area contributed by atoms with Crippen LogP contribution in [0.5, 0.6) is 0 Å². The number of aromatic amines is 1. The van der Waals surface area contributed by atoms with Crippen molar-refractivity contribution < 1.29 is 24.3 Å². The molecule has 0 aliphatic heterocycles. The Bertz CT molecular complexity index is 1290. The highest BCUT2D eigenvalue weighted by Gasteiger charge is 2.30. The lowest BCUT2D eigenvalue weighted by atomic mass is 9.99. The number of carboxylic acid groups (broad SMARTS) is 1. The maximum absolute atomic E-state index is 13.5. The number of H-pyrrole nitrogens is 1. The Hall–Kier alpha value is -4.18. The average Bonchev–Trinajstić information content (AvgIpc) is 3.30. The molecule has 0 fully saturated rings. The van der Waals surface area contributed by atoms with Crippen molar-refractivity contribution in [2.75, 3.05) is 0 Å². The number of nitrogens with two attached hydrogens (primary N) is 1. The molecule has 7 N–H and O–H groups in total. The van der Waals surface area contributed by atoms with Crippen molar-refractivity contribution in [1.82, 2.24) is 20.9 Å². The molecule has 1 aromatic heterocycles. The van der Waals surface area contributed by atoms with E-state index in [1.807, 2.05) is 68.4 Å². The van der Waals surface area contributed by atoms with Crippen molar-refractivity contribution in [3.63, 3.8) is 0 Å². The number of aromatic nitrogens is 1. The molecule has 10 nitrogen and oxygen atoms in total. The number of benzene rings is 2. The molecule has 3 aromatic rings. The van der Waals surface area contributed by atoms with Crippen molar-refractivity contribution in [3.05, 3.63) is 71.9 Å². The molecule has 2 aromatic carbocycles. The fraction of sp³-hybridized carbons (Fsp3) is 0.379. The van der Waals surface area contributed by atoms with Gasteiger partial charge >= 0.3 is 5.97 Å². The van der Waals surface area contributed by atoms with Gasteiger partial charge in [-0.25, -0.2) is 0 Å². The zero-order valence-electron chi connectivity index (χ0n) is 22.4. The third-order valence-electron chi connectivity index (χ3n) is 6.44. The van der Waals surface area contributed by atoms with E-state index in [-0.39, 0.29) is 12.3 Å². The van der Waals surface area contributed by atoms with E-state index in [1.54, 1.807) is 6.20 Å². The number of hydrogen-bond donors (Lipinski definition) is 6. The molecule has 10 heteroatoms. The minimum absolute atomic E-state index is 0.0549. The second kappa shape index (κ2) is 13.6. The van der Waals surface area contributed by atoms with Gasteiger partial charge in [0.05, 0.1) is 6.04 Å². The number of nitrogens with one attached hydrogen (secondary N) is 4. The third kappa shape index (κ3) is 8.41. The van der Waals surface area contributed by atoms with Gasteiger partial charge in [-0.2, -0.15) is 0 Å². The van der Waals surface area contributed by atoms with Crippen LogP contribution in [0.15, 0.2) is 60.8 Å². The highest BCUT2D eigenvalue weighted by molar-refractivity contribution is 5.94. The van der Waals surface area contributed by atoms with Crippen LogP contribution in [-0.4, -0.2) is 57.9 Å². The molecule has 0 spiro atoms. The minimum Gasteiger partial charge on any atom is -0.480 e. The zero-order chi connectivity index (χ0) is 28.5. The van der Waals surface area contributed by atoms with E-state index in [9.17, 15) is 24.3 Å². The molecule has 39 heavy (non-hydrogen) atoms. The van der Waals surface area contributed by atoms with Crippen molar-refractivity contribution >= 4 is 34.6 Å². The summed E-state index contributed by atoms with van der Waals surface area (Å²) in [6.07, 6.45) is 2.50. The van der Waals surface area contributed by atoms with Gasteiger partial charge in [-0.3, -0.25) is 19.2 Å². The number of carboxylic acids is 1. The van der Waals surface area contributed by atoms with Crippen LogP contribution in [0, 0.1) is 5.92 Å². The Morgan fingerprint density at radius 3 is 2.10 bits per heavy atom. The number of aliphatic carboxylic acids is 1. The molecule has 1 heterocycles. The van der Waals surface area contributed by atoms with Crippen LogP contribution in [0.25, 0.3) is 10.9 Å². The van der Waals surface area contributed by atoms with E-state index in [1.165, 1.54) is 6.92 Å². The number of fused-ring (bicyclic) bond motifs is 1. The minimum atomic E-state index is -1.20. The predicted molar refractivity (Wildman–Crippen MR) is 149 cm³/mol. The van der Waals surface area contributed by atoms with Gasteiger partial charge in [-0.05, 0) is 42.9 Å². The van der Waals surface area contributed by atoms with Crippen LogP contribution in [-0.2, 0) is 32.0 Å². The first kappa shape index (κ1) is 29.4. The van der Waals surface area contributed by atoms with Crippen LogP contribution >= 0.6 is 0 Å². The largest absolute Gasteiger partial charge is 0.480 e. The van der Waals surface area contributed by atoms with E-state index >= 15 is 0 Å². The molecule has 0 bridgehead atoms. The fourth-order valence-corrected chi connectivity index (χ4v) is 4.32. The number of hydrogen-bond acceptors (Lipinski definition) is 5. The van der Waals surface area contributed by atoms with Crippen molar-refractivity contribution in [2.45, 2.75) is 64.2 Å². The highest BCUT2D eigenvalue weighted by atomic mass is 16.4. The summed E-state index contributed by atoms with van der Waals surface area (Å²) in [5, 5.41) is 18.1. The highest BCUT2D eigenvalue weighted by Crippen LogP contribution is 2.19. The SMILES string of the molecule is CC(C)CC(NC(=O)C(N)Cc1ccccc1)C(=O)NC(Cc1c[nH]c2ccccc12)C(=O)NC(C)C(=O)O. The predicted octanol–water partition coefficient (Wildman–Crippen LogP) is 1.89. The molecule has 3 amide bonds. The summed E-state index contributed by atoms with van der Waals surface area (Å²) in [6, 6.07) is 12.8. The first-order chi connectivity index (χ1) is 18.5. The summed E-state index contributed by atoms with van der Waals surface area (Å²) < 4.78 is 0. The number of amides is 3. The summed E-state index contributed by atoms with van der Waals surface area (Å²) in [6.45, 7) is 5.18. The monoisotopic (exact) mass is 535 g/mol. The van der Waals surface area contributed by atoms with Gasteiger partial charge in [0.2, 0.25) is 17.7 Å². The van der Waals surface area contributed by atoms with Gasteiger partial charge < -0.3 is 31.8 Å². The maximum atomic E-state index is 13.5. The van der Waals surface area contributed by atoms with E-state index < -0.39 is 47.9 Å². The first-order valence-electron chi connectivity index (χ1n) is 13.0. The van der Waals surface area contributed by atoms with Gasteiger partial charge in [-0.1, -0.05) is 62.4 Å². The van der Waals surface area contributed by atoms with Crippen molar-refractivity contribution in [2.24, 2.45) is 11.7 Å². The smallest absolute Gasteiger partial charge is 0.325 e. The fourth-order valence-electron chi connectivity index (χ4n) is 4.32. The summed E-state index contributed by atoms with van der Waals surface area (Å²) in [4.78, 5) is 54.0. The third-order valence-corrected chi connectivity index (χ3v) is 6.44. The van der Waals surface area contributed by atoms with Crippen LogP contribution in [0.1, 0.15) is 38.3 Å². The first-order valence-corrected chi connectivity index (χ1v) is 13.0. The Kier molecular flexibility index (Phi) is 10.2. The summed E-state index contributed by atoms with van der Waals surface area (Å²) in [7, 11) is 0. The van der Waals surface area contributed by atoms with Gasteiger partial charge in [0.1, 0.15) is 18.1 Å². The summed E-state index contributed by atoms with van der Waals surface area (Å²) in [5.74, 6) is -2.81. The van der Waals surface area contributed by atoms with E-state index in [0.29, 0.717) is 12.8 Å². The zero-order valence-corrected chi connectivity index (χ0v) is 22.4. The quantitative estimate of drug-likeness (QED) is 0.195. The van der Waals surface area contributed by atoms with Crippen LogP contribution in [0.2, 0.25) is 0 Å². The number of para-hydroxylation sites is 1. The molecule has 208 valence electrons. The summed E-state index contributed by atoms with van der Waals surface area (Å²) >= 11 is 0. The Labute approximate surface area is 227 Å². The van der Waals surface area contributed by atoms with Gasteiger partial charge in [0, 0.05) is 23.5 Å². The topological polar surface area (TPSA) is 166 Å². The van der Waals surface area contributed by atoms with Crippen LogP contribution in [0.4, 0.5) is 0 Å². The maximum Gasteiger partial charge on any atom is 0.325 e. The number of carbonyl (C=O) groups is 4. The molecule has 0 aliphatic carbocycles. The Balaban J connectivity index is 1.78. The second-order valence-corrected chi connectivity index (χ2v) is 10.2. The molecule has 4 atom stereocenters. The van der Waals surface area contributed by atoms with Crippen molar-refractivity contribution in [1.29, 1.82) is 0 Å². The van der Waals surface area contributed by atoms with Gasteiger partial charge in [0.15, 0.2) is 0 Å². The average molecular weight is 536 g/mol. The molecule has 3 rings (SSSR count). The molecule has 0 aliphatic rings. The summed E-state index contributed by atoms with van der Waals surface area (Å²) in [5.41, 5.74) is 8.68. The Morgan fingerprint density at radius 2 is 1.44 bits per heavy atom. The standard InChI is InChI=1S/C29H37N5O5/c1-17(2)13-24(33-26(35)22(30)14-19-9-5-4-6-10-19)28(37)34-25(27(36)32-18(3)29(38)39)15-20-16-31-23-12-8-7-11-21(20)23/h4-12,16-18,22,24-25,31H,13-15,30H2,1-3H3,(H,32,36)(H,33,35)(H,34,37)(H,38,39). The lowest BCUT2D eigenvalue weighted by molar-refractivity contribution is -0.141. The van der Waals surface area contributed by atoms with Crippen LogP contribution in [0.3, 0.4) is 0 Å². The lowest BCUT2D eigenvalue weighted by Gasteiger charge is -2.25. The normalized spacial score (nSPS) is 14.3. The van der Waals surface area contributed by atoms with E-state index in [0.717, 1.165) is 22.0 Å². The lowest BCUT2D eigenvalue weighted by Crippen LogP contribution is -2.57. The molecule has 0 saturated carbocycles. The van der Waals surface area contributed by atoms with Gasteiger partial charge in [-0.15, -0.1) is 0 Å².